The summed E-state index contributed by atoms with van der Waals surface area (Å²) in [6.07, 6.45) is 0.683. The number of anilines is 2. The maximum atomic E-state index is 12.9. The van der Waals surface area contributed by atoms with E-state index in [1.54, 1.807) is 31.4 Å². The first-order chi connectivity index (χ1) is 14.5. The Balaban J connectivity index is 1.81. The number of ether oxygens (including phenoxy) is 1. The summed E-state index contributed by atoms with van der Waals surface area (Å²) in [6.45, 7) is 3.87. The van der Waals surface area contributed by atoms with E-state index in [-0.39, 0.29) is 17.7 Å². The van der Waals surface area contributed by atoms with Gasteiger partial charge in [0.15, 0.2) is 0 Å². The summed E-state index contributed by atoms with van der Waals surface area (Å²) in [5.74, 6) is -0.0565. The van der Waals surface area contributed by atoms with Gasteiger partial charge in [-0.1, -0.05) is 55.5 Å². The van der Waals surface area contributed by atoms with Gasteiger partial charge in [-0.25, -0.2) is 0 Å². The molecule has 1 unspecified atom stereocenters. The molecule has 0 radical (unpaired) electrons. The molecule has 0 saturated heterocycles. The van der Waals surface area contributed by atoms with Gasteiger partial charge in [0.2, 0.25) is 5.91 Å². The molecule has 2 amide bonds. The summed E-state index contributed by atoms with van der Waals surface area (Å²) in [5.41, 5.74) is 3.53. The van der Waals surface area contributed by atoms with Crippen molar-refractivity contribution in [3.8, 4) is 5.75 Å². The number of nitrogens with one attached hydrogen (secondary N) is 2. The van der Waals surface area contributed by atoms with Crippen LogP contribution >= 0.6 is 0 Å². The van der Waals surface area contributed by atoms with E-state index in [1.165, 1.54) is 0 Å². The van der Waals surface area contributed by atoms with Gasteiger partial charge < -0.3 is 15.4 Å². The molecule has 3 aromatic rings. The van der Waals surface area contributed by atoms with E-state index in [9.17, 15) is 9.59 Å². The van der Waals surface area contributed by atoms with Gasteiger partial charge in [-0.2, -0.15) is 0 Å². The number of carbonyl (C=O) groups excluding carboxylic acids is 2. The normalized spacial score (nSPS) is 11.4. The van der Waals surface area contributed by atoms with Gasteiger partial charge in [0, 0.05) is 11.3 Å². The van der Waals surface area contributed by atoms with E-state index < -0.39 is 0 Å². The summed E-state index contributed by atoms with van der Waals surface area (Å²) in [7, 11) is 1.54. The van der Waals surface area contributed by atoms with Crippen molar-refractivity contribution in [1.29, 1.82) is 0 Å². The summed E-state index contributed by atoms with van der Waals surface area (Å²) >= 11 is 0. The van der Waals surface area contributed by atoms with Gasteiger partial charge in [0.25, 0.3) is 5.91 Å². The van der Waals surface area contributed by atoms with Crippen molar-refractivity contribution in [2.45, 2.75) is 26.2 Å². The van der Waals surface area contributed by atoms with Gasteiger partial charge >= 0.3 is 0 Å². The van der Waals surface area contributed by atoms with Crippen molar-refractivity contribution in [2.24, 2.45) is 0 Å². The van der Waals surface area contributed by atoms with Crippen molar-refractivity contribution >= 4 is 23.2 Å². The molecule has 5 heteroatoms. The average molecular weight is 402 g/mol. The molecule has 0 spiro atoms. The number of amides is 2. The maximum Gasteiger partial charge on any atom is 0.256 e. The lowest BCUT2D eigenvalue weighted by atomic mass is 9.95. The summed E-state index contributed by atoms with van der Waals surface area (Å²) < 4.78 is 5.38. The molecule has 154 valence electrons. The molecule has 0 aliphatic carbocycles. The molecule has 0 aliphatic rings. The Morgan fingerprint density at radius 2 is 1.63 bits per heavy atom. The molecule has 3 aromatic carbocycles. The van der Waals surface area contributed by atoms with Crippen molar-refractivity contribution < 1.29 is 14.3 Å². The maximum absolute atomic E-state index is 12.9. The number of methoxy groups -OCH3 is 1. The minimum Gasteiger partial charge on any atom is -0.495 e. The molecule has 0 fully saturated rings. The second-order valence-corrected chi connectivity index (χ2v) is 7.04. The van der Waals surface area contributed by atoms with Crippen LogP contribution in [0.1, 0.15) is 40.7 Å². The lowest BCUT2D eigenvalue weighted by molar-refractivity contribution is -0.117. The van der Waals surface area contributed by atoms with E-state index in [4.69, 9.17) is 4.74 Å². The first-order valence-electron chi connectivity index (χ1n) is 9.94. The monoisotopic (exact) mass is 402 g/mol. The van der Waals surface area contributed by atoms with Crippen LogP contribution in [0.5, 0.6) is 5.75 Å². The van der Waals surface area contributed by atoms with E-state index in [0.717, 1.165) is 11.1 Å². The number of aryl methyl sites for hydroxylation is 1. The second kappa shape index (κ2) is 9.74. The van der Waals surface area contributed by atoms with E-state index >= 15 is 0 Å². The predicted octanol–water partition coefficient (Wildman–Crippen LogP) is 5.39. The molecule has 0 bridgehead atoms. The van der Waals surface area contributed by atoms with E-state index in [0.29, 0.717) is 29.1 Å². The fourth-order valence-corrected chi connectivity index (χ4v) is 3.39. The fraction of sp³-hybridized carbons (Fsp3) is 0.200. The third-order valence-electron chi connectivity index (χ3n) is 5.03. The van der Waals surface area contributed by atoms with Crippen molar-refractivity contribution in [1.82, 2.24) is 0 Å². The van der Waals surface area contributed by atoms with E-state index in [1.807, 2.05) is 62.4 Å². The SMILES string of the molecule is CCC(C(=O)Nc1ccc(OC)c(NC(=O)c2ccccc2C)c1)c1ccccc1. The molecular formula is C25H26N2O3. The Labute approximate surface area is 177 Å². The Hall–Kier alpha value is -3.60. The Morgan fingerprint density at radius 1 is 0.933 bits per heavy atom. The van der Waals surface area contributed by atoms with Crippen LogP contribution in [0.25, 0.3) is 0 Å². The number of benzene rings is 3. The van der Waals surface area contributed by atoms with Crippen LogP contribution in [-0.4, -0.2) is 18.9 Å². The second-order valence-electron chi connectivity index (χ2n) is 7.04. The highest BCUT2D eigenvalue weighted by Crippen LogP contribution is 2.30. The highest BCUT2D eigenvalue weighted by atomic mass is 16.5. The first kappa shape index (κ1) is 21.1. The number of rotatable bonds is 7. The Kier molecular flexibility index (Phi) is 6.86. The Morgan fingerprint density at radius 3 is 2.30 bits per heavy atom. The van der Waals surface area contributed by atoms with Gasteiger partial charge in [-0.05, 0) is 48.7 Å². The van der Waals surface area contributed by atoms with Gasteiger partial charge in [-0.15, -0.1) is 0 Å². The largest absolute Gasteiger partial charge is 0.495 e. The van der Waals surface area contributed by atoms with Gasteiger partial charge in [0.05, 0.1) is 18.7 Å². The summed E-state index contributed by atoms with van der Waals surface area (Å²) in [6, 6.07) is 22.3. The van der Waals surface area contributed by atoms with Crippen molar-refractivity contribution in [3.05, 3.63) is 89.5 Å². The number of hydrogen-bond donors (Lipinski definition) is 2. The van der Waals surface area contributed by atoms with Crippen LogP contribution in [0.15, 0.2) is 72.8 Å². The highest BCUT2D eigenvalue weighted by molar-refractivity contribution is 6.06. The topological polar surface area (TPSA) is 67.4 Å². The van der Waals surface area contributed by atoms with Crippen molar-refractivity contribution in [2.75, 3.05) is 17.7 Å². The van der Waals surface area contributed by atoms with Crippen LogP contribution in [-0.2, 0) is 4.79 Å². The third-order valence-corrected chi connectivity index (χ3v) is 5.03. The first-order valence-corrected chi connectivity index (χ1v) is 9.94. The smallest absolute Gasteiger partial charge is 0.256 e. The molecule has 1 atom stereocenters. The van der Waals surface area contributed by atoms with Crippen LogP contribution in [0.2, 0.25) is 0 Å². The average Bonchev–Trinajstić information content (AvgIpc) is 2.75. The molecule has 0 heterocycles. The van der Waals surface area contributed by atoms with Crippen LogP contribution in [0, 0.1) is 6.92 Å². The molecule has 0 aliphatic heterocycles. The zero-order valence-electron chi connectivity index (χ0n) is 17.4. The molecule has 30 heavy (non-hydrogen) atoms. The fourth-order valence-electron chi connectivity index (χ4n) is 3.39. The summed E-state index contributed by atoms with van der Waals surface area (Å²) in [5, 5.41) is 5.85. The molecule has 2 N–H and O–H groups in total. The van der Waals surface area contributed by atoms with Crippen LogP contribution in [0.3, 0.4) is 0 Å². The van der Waals surface area contributed by atoms with Gasteiger partial charge in [-0.3, -0.25) is 9.59 Å². The zero-order chi connectivity index (χ0) is 21.5. The molecule has 0 aromatic heterocycles. The van der Waals surface area contributed by atoms with Crippen LogP contribution < -0.4 is 15.4 Å². The zero-order valence-corrected chi connectivity index (χ0v) is 17.4. The van der Waals surface area contributed by atoms with Gasteiger partial charge in [0.1, 0.15) is 5.75 Å². The van der Waals surface area contributed by atoms with Crippen LogP contribution in [0.4, 0.5) is 11.4 Å². The highest BCUT2D eigenvalue weighted by Gasteiger charge is 2.19. The molecular weight excluding hydrogens is 376 g/mol. The minimum absolute atomic E-state index is 0.0925. The number of carbonyl (C=O) groups is 2. The predicted molar refractivity (Wildman–Crippen MR) is 120 cm³/mol. The molecule has 3 rings (SSSR count). The van der Waals surface area contributed by atoms with Crippen molar-refractivity contribution in [3.63, 3.8) is 0 Å². The molecule has 5 nitrogen and oxygen atoms in total. The Bertz CT molecular complexity index is 1030. The summed E-state index contributed by atoms with van der Waals surface area (Å²) in [4.78, 5) is 25.6. The lowest BCUT2D eigenvalue weighted by Crippen LogP contribution is -2.21. The molecule has 0 saturated carbocycles. The minimum atomic E-state index is -0.252. The quantitative estimate of drug-likeness (QED) is 0.557. The standard InChI is InChI=1S/C25H26N2O3/c1-4-20(18-11-6-5-7-12-18)24(28)26-19-14-15-23(30-3)22(16-19)27-25(29)21-13-9-8-10-17(21)2/h5-16,20H,4H2,1-3H3,(H,26,28)(H,27,29). The third kappa shape index (κ3) is 4.87. The lowest BCUT2D eigenvalue weighted by Gasteiger charge is -2.17. The van der Waals surface area contributed by atoms with E-state index in [2.05, 4.69) is 10.6 Å². The number of hydrogen-bond acceptors (Lipinski definition) is 3.